The van der Waals surface area contributed by atoms with Gasteiger partial charge in [0, 0.05) is 17.7 Å². The van der Waals surface area contributed by atoms with E-state index in [1.54, 1.807) is 39.0 Å². The summed E-state index contributed by atoms with van der Waals surface area (Å²) in [6.45, 7) is 6.23. The topological polar surface area (TPSA) is 69.0 Å². The summed E-state index contributed by atoms with van der Waals surface area (Å²) in [6.07, 6.45) is 8.97. The molecule has 0 saturated heterocycles. The predicted molar refractivity (Wildman–Crippen MR) is 139 cm³/mol. The minimum Gasteiger partial charge on any atom is -0.442 e. The van der Waals surface area contributed by atoms with Crippen molar-refractivity contribution in [2.75, 3.05) is 6.54 Å². The van der Waals surface area contributed by atoms with Crippen LogP contribution in [-0.2, 0) is 22.8 Å². The Morgan fingerprint density at radius 2 is 1.76 bits per heavy atom. The SMILES string of the molecule is CC(C)(C)C(=O)OCn1cnc(-c2cccc(-c3cc(F)c(CNCCC4CCCCC4)c(F)c3)c2)n1. The monoisotopic (exact) mass is 510 g/mol. The lowest BCUT2D eigenvalue weighted by molar-refractivity contribution is -0.157. The Hall–Kier alpha value is -3.13. The van der Waals surface area contributed by atoms with E-state index in [4.69, 9.17) is 4.74 Å². The summed E-state index contributed by atoms with van der Waals surface area (Å²) in [6, 6.07) is 9.94. The van der Waals surface area contributed by atoms with Crippen molar-refractivity contribution in [2.24, 2.45) is 11.3 Å². The summed E-state index contributed by atoms with van der Waals surface area (Å²) in [4.78, 5) is 16.3. The molecule has 0 aliphatic heterocycles. The van der Waals surface area contributed by atoms with Crippen molar-refractivity contribution in [1.82, 2.24) is 20.1 Å². The van der Waals surface area contributed by atoms with Crippen LogP contribution in [0.5, 0.6) is 0 Å². The van der Waals surface area contributed by atoms with Crippen molar-refractivity contribution in [1.29, 1.82) is 0 Å². The number of nitrogens with zero attached hydrogens (tertiary/aromatic N) is 3. The smallest absolute Gasteiger partial charge is 0.313 e. The Bertz CT molecular complexity index is 1190. The van der Waals surface area contributed by atoms with Crippen LogP contribution in [0.4, 0.5) is 8.78 Å². The number of aromatic nitrogens is 3. The van der Waals surface area contributed by atoms with Crippen LogP contribution >= 0.6 is 0 Å². The first kappa shape index (κ1) is 26.9. The highest BCUT2D eigenvalue weighted by Crippen LogP contribution is 2.28. The molecule has 0 spiro atoms. The van der Waals surface area contributed by atoms with Crippen molar-refractivity contribution in [2.45, 2.75) is 72.6 Å². The Morgan fingerprint density at radius 3 is 2.46 bits per heavy atom. The standard InChI is InChI=1S/C29H36F2N4O2/c1-29(2,3)28(36)37-19-35-18-33-27(34-35)22-11-7-10-21(14-22)23-15-25(30)24(26(31)16-23)17-32-13-12-20-8-5-4-6-9-20/h7,10-11,14-16,18,20,32H,4-6,8-9,12-13,17,19H2,1-3H3. The molecule has 0 amide bonds. The third-order valence-electron chi connectivity index (χ3n) is 6.83. The molecule has 1 aliphatic carbocycles. The zero-order valence-electron chi connectivity index (χ0n) is 21.9. The molecular formula is C29H36F2N4O2. The third-order valence-corrected chi connectivity index (χ3v) is 6.83. The van der Waals surface area contributed by atoms with Crippen molar-refractivity contribution in [3.63, 3.8) is 0 Å². The van der Waals surface area contributed by atoms with E-state index in [0.29, 0.717) is 22.5 Å². The van der Waals surface area contributed by atoms with Gasteiger partial charge in [-0.1, -0.05) is 50.3 Å². The summed E-state index contributed by atoms with van der Waals surface area (Å²) >= 11 is 0. The van der Waals surface area contributed by atoms with Crippen molar-refractivity contribution >= 4 is 5.97 Å². The van der Waals surface area contributed by atoms with Gasteiger partial charge in [-0.15, -0.1) is 5.10 Å². The fourth-order valence-electron chi connectivity index (χ4n) is 4.60. The van der Waals surface area contributed by atoms with E-state index >= 15 is 0 Å². The predicted octanol–water partition coefficient (Wildman–Crippen LogP) is 6.50. The largest absolute Gasteiger partial charge is 0.442 e. The van der Waals surface area contributed by atoms with Crippen LogP contribution in [0.15, 0.2) is 42.7 Å². The summed E-state index contributed by atoms with van der Waals surface area (Å²) in [7, 11) is 0. The molecule has 0 radical (unpaired) electrons. The molecule has 0 bridgehead atoms. The number of hydrogen-bond acceptors (Lipinski definition) is 5. The van der Waals surface area contributed by atoms with E-state index in [1.165, 1.54) is 55.2 Å². The maximum atomic E-state index is 14.9. The number of rotatable bonds is 9. The lowest BCUT2D eigenvalue weighted by Gasteiger charge is -2.21. The first-order valence-electron chi connectivity index (χ1n) is 13.1. The van der Waals surface area contributed by atoms with Crippen LogP contribution in [0.3, 0.4) is 0 Å². The summed E-state index contributed by atoms with van der Waals surface area (Å²) in [5.74, 6) is -0.306. The van der Waals surface area contributed by atoms with Gasteiger partial charge in [0.1, 0.15) is 18.0 Å². The lowest BCUT2D eigenvalue weighted by atomic mass is 9.87. The second-order valence-corrected chi connectivity index (χ2v) is 10.9. The van der Waals surface area contributed by atoms with Crippen molar-refractivity contribution in [3.8, 4) is 22.5 Å². The van der Waals surface area contributed by atoms with Crippen LogP contribution in [0.25, 0.3) is 22.5 Å². The molecule has 6 nitrogen and oxygen atoms in total. The average molecular weight is 511 g/mol. The van der Waals surface area contributed by atoms with Gasteiger partial charge in [0.05, 0.1) is 5.41 Å². The molecule has 0 unspecified atom stereocenters. The van der Waals surface area contributed by atoms with Gasteiger partial charge in [-0.3, -0.25) is 4.79 Å². The Kier molecular flexibility index (Phi) is 8.69. The minimum atomic E-state index is -0.608. The highest BCUT2D eigenvalue weighted by Gasteiger charge is 2.23. The van der Waals surface area contributed by atoms with Gasteiger partial charge in [0.15, 0.2) is 12.6 Å². The summed E-state index contributed by atoms with van der Waals surface area (Å²) < 4.78 is 36.5. The quantitative estimate of drug-likeness (QED) is 0.263. The molecule has 2 aromatic carbocycles. The van der Waals surface area contributed by atoms with E-state index in [2.05, 4.69) is 15.4 Å². The second-order valence-electron chi connectivity index (χ2n) is 10.9. The number of hydrogen-bond donors (Lipinski definition) is 1. The summed E-state index contributed by atoms with van der Waals surface area (Å²) in [5, 5.41) is 7.58. The van der Waals surface area contributed by atoms with Gasteiger partial charge in [-0.25, -0.2) is 18.4 Å². The van der Waals surface area contributed by atoms with E-state index in [1.807, 2.05) is 6.07 Å². The molecule has 1 fully saturated rings. The van der Waals surface area contributed by atoms with E-state index < -0.39 is 17.0 Å². The number of benzene rings is 2. The molecule has 37 heavy (non-hydrogen) atoms. The molecule has 4 rings (SSSR count). The van der Waals surface area contributed by atoms with E-state index in [0.717, 1.165) is 18.9 Å². The number of halogens is 2. The molecule has 1 N–H and O–H groups in total. The Labute approximate surface area is 217 Å². The first-order valence-corrected chi connectivity index (χ1v) is 13.1. The van der Waals surface area contributed by atoms with E-state index in [-0.39, 0.29) is 24.8 Å². The van der Waals surface area contributed by atoms with Crippen LogP contribution in [-0.4, -0.2) is 27.3 Å². The highest BCUT2D eigenvalue weighted by molar-refractivity contribution is 5.75. The molecule has 198 valence electrons. The van der Waals surface area contributed by atoms with Crippen LogP contribution < -0.4 is 5.32 Å². The zero-order chi connectivity index (χ0) is 26.4. The van der Waals surface area contributed by atoms with Crippen molar-refractivity contribution in [3.05, 3.63) is 59.9 Å². The fourth-order valence-corrected chi connectivity index (χ4v) is 4.60. The molecule has 3 aromatic rings. The van der Waals surface area contributed by atoms with Gasteiger partial charge in [0.2, 0.25) is 0 Å². The van der Waals surface area contributed by atoms with Gasteiger partial charge >= 0.3 is 5.97 Å². The van der Waals surface area contributed by atoms with Crippen LogP contribution in [0.2, 0.25) is 0 Å². The highest BCUT2D eigenvalue weighted by atomic mass is 19.1. The Balaban J connectivity index is 1.40. The van der Waals surface area contributed by atoms with Crippen molar-refractivity contribution < 1.29 is 18.3 Å². The molecule has 0 atom stereocenters. The number of ether oxygens (including phenoxy) is 1. The minimum absolute atomic E-state index is 0.0463. The molecule has 8 heteroatoms. The molecule has 1 aromatic heterocycles. The Morgan fingerprint density at radius 1 is 1.05 bits per heavy atom. The molecule has 1 heterocycles. The average Bonchev–Trinajstić information content (AvgIpc) is 3.35. The maximum absolute atomic E-state index is 14.9. The fraction of sp³-hybridized carbons (Fsp3) is 0.483. The lowest BCUT2D eigenvalue weighted by Crippen LogP contribution is -2.24. The normalized spacial score (nSPS) is 14.6. The molecule has 1 saturated carbocycles. The second kappa shape index (κ2) is 11.9. The maximum Gasteiger partial charge on any atom is 0.313 e. The van der Waals surface area contributed by atoms with Gasteiger partial charge < -0.3 is 10.1 Å². The number of nitrogens with one attached hydrogen (secondary N) is 1. The third kappa shape index (κ3) is 7.22. The number of carbonyl (C=O) groups excluding carboxylic acids is 1. The first-order chi connectivity index (χ1) is 17.7. The van der Waals surface area contributed by atoms with Gasteiger partial charge in [0.25, 0.3) is 0 Å². The van der Waals surface area contributed by atoms with Gasteiger partial charge in [-0.05, 0) is 69.0 Å². The molecular weight excluding hydrogens is 474 g/mol. The zero-order valence-corrected chi connectivity index (χ0v) is 21.9. The van der Waals surface area contributed by atoms with Crippen LogP contribution in [0, 0.1) is 23.0 Å². The van der Waals surface area contributed by atoms with E-state index in [9.17, 15) is 13.6 Å². The number of esters is 1. The van der Waals surface area contributed by atoms with Crippen LogP contribution in [0.1, 0.15) is 64.9 Å². The summed E-state index contributed by atoms with van der Waals surface area (Å²) in [5.41, 5.74) is 1.24. The van der Waals surface area contributed by atoms with Gasteiger partial charge in [-0.2, -0.15) is 0 Å². The molecule has 1 aliphatic rings. The number of carbonyl (C=O) groups is 1.